The molecule has 0 spiro atoms. The number of ether oxygens (including phenoxy) is 2. The summed E-state index contributed by atoms with van der Waals surface area (Å²) in [4.78, 5) is 41.2. The highest BCUT2D eigenvalue weighted by Gasteiger charge is 2.55. The van der Waals surface area contributed by atoms with Gasteiger partial charge in [0.15, 0.2) is 17.9 Å². The van der Waals surface area contributed by atoms with E-state index in [0.29, 0.717) is 0 Å². The summed E-state index contributed by atoms with van der Waals surface area (Å²) in [6, 6.07) is 7.87. The van der Waals surface area contributed by atoms with Crippen LogP contribution >= 0.6 is 7.82 Å². The van der Waals surface area contributed by atoms with Gasteiger partial charge in [0, 0.05) is 0 Å². The third-order valence-electron chi connectivity index (χ3n) is 5.13. The number of aromatic nitrogens is 3. The van der Waals surface area contributed by atoms with E-state index < -0.39 is 68.0 Å². The zero-order valence-electron chi connectivity index (χ0n) is 20.2. The van der Waals surface area contributed by atoms with Gasteiger partial charge in [-0.1, -0.05) is 24.1 Å². The number of hydrogen-bond donors (Lipinski definition) is 3. The molecular formula is C22H27N4O10P. The predicted molar refractivity (Wildman–Crippen MR) is 127 cm³/mol. The summed E-state index contributed by atoms with van der Waals surface area (Å²) in [5.41, 5.74) is 2.34. The number of aliphatic hydroxyl groups excluding tert-OH is 1. The van der Waals surface area contributed by atoms with E-state index in [1.54, 1.807) is 32.0 Å². The van der Waals surface area contributed by atoms with E-state index in [4.69, 9.17) is 35.2 Å². The SMILES string of the molecule is C#CC1(N)[C@@H](O)[C@@H](CO[P@](=O)(Oc2ccccc2)O[C@@H](C)C(=O)OC(C)C)O[C@H]1n1cnc(=O)[nH]c1=O. The minimum absolute atomic E-state index is 0.101. The number of carbonyl (C=O) groups is 1. The normalized spacial score (nSPS) is 25.7. The molecule has 3 rings (SSSR count). The molecule has 0 aliphatic carbocycles. The number of esters is 1. The van der Waals surface area contributed by atoms with Crippen LogP contribution in [0.3, 0.4) is 0 Å². The number of terminal acetylenes is 1. The molecule has 1 unspecified atom stereocenters. The van der Waals surface area contributed by atoms with E-state index in [9.17, 15) is 24.1 Å². The van der Waals surface area contributed by atoms with Gasteiger partial charge in [-0.05, 0) is 32.9 Å². The van der Waals surface area contributed by atoms with Crippen molar-refractivity contribution in [3.8, 4) is 18.1 Å². The second-order valence-corrected chi connectivity index (χ2v) is 9.86. The monoisotopic (exact) mass is 538 g/mol. The van der Waals surface area contributed by atoms with Gasteiger partial charge in [0.1, 0.15) is 24.3 Å². The van der Waals surface area contributed by atoms with Gasteiger partial charge in [-0.25, -0.2) is 18.9 Å². The zero-order chi connectivity index (χ0) is 27.4. The molecule has 2 aromatic rings. The molecular weight excluding hydrogens is 511 g/mol. The van der Waals surface area contributed by atoms with Crippen LogP contribution in [0.1, 0.15) is 27.0 Å². The molecule has 1 aliphatic rings. The Balaban J connectivity index is 1.84. The summed E-state index contributed by atoms with van der Waals surface area (Å²) in [6.07, 6.45) is 0.103. The van der Waals surface area contributed by atoms with Crippen molar-refractivity contribution in [2.24, 2.45) is 5.73 Å². The number of aromatic amines is 1. The van der Waals surface area contributed by atoms with Crippen LogP contribution in [0.25, 0.3) is 0 Å². The Morgan fingerprint density at radius 1 is 1.35 bits per heavy atom. The summed E-state index contributed by atoms with van der Waals surface area (Å²) in [6.45, 7) is 3.90. The van der Waals surface area contributed by atoms with E-state index in [1.807, 2.05) is 4.98 Å². The number of aliphatic hydroxyl groups is 1. The lowest BCUT2D eigenvalue weighted by molar-refractivity contribution is -0.156. The summed E-state index contributed by atoms with van der Waals surface area (Å²) in [7, 11) is -4.54. The molecule has 37 heavy (non-hydrogen) atoms. The van der Waals surface area contributed by atoms with Gasteiger partial charge < -0.3 is 24.8 Å². The molecule has 6 atom stereocenters. The number of carbonyl (C=O) groups excluding carboxylic acids is 1. The van der Waals surface area contributed by atoms with Crippen molar-refractivity contribution in [3.63, 3.8) is 0 Å². The van der Waals surface area contributed by atoms with E-state index in [2.05, 4.69) is 10.9 Å². The third kappa shape index (κ3) is 6.53. The van der Waals surface area contributed by atoms with Crippen LogP contribution in [0.2, 0.25) is 0 Å². The number of nitrogens with one attached hydrogen (secondary N) is 1. The minimum Gasteiger partial charge on any atom is -0.461 e. The van der Waals surface area contributed by atoms with Gasteiger partial charge in [0.2, 0.25) is 0 Å². The smallest absolute Gasteiger partial charge is 0.461 e. The van der Waals surface area contributed by atoms with Crippen LogP contribution in [0.4, 0.5) is 0 Å². The zero-order valence-corrected chi connectivity index (χ0v) is 21.1. The van der Waals surface area contributed by atoms with Crippen LogP contribution in [-0.2, 0) is 27.9 Å². The molecule has 1 aromatic carbocycles. The number of H-pyrrole nitrogens is 1. The number of rotatable bonds is 10. The van der Waals surface area contributed by atoms with Crippen molar-refractivity contribution in [2.45, 2.75) is 57.0 Å². The third-order valence-corrected chi connectivity index (χ3v) is 6.61. The number of hydrogen-bond acceptors (Lipinski definition) is 12. The van der Waals surface area contributed by atoms with Gasteiger partial charge in [-0.2, -0.15) is 4.98 Å². The van der Waals surface area contributed by atoms with Gasteiger partial charge in [0.05, 0.1) is 12.7 Å². The fraction of sp³-hybridized carbons (Fsp3) is 0.455. The number of nitrogens with zero attached hydrogens (tertiary/aromatic N) is 2. The number of nitrogens with two attached hydrogens (primary N) is 1. The second kappa shape index (κ2) is 11.4. The van der Waals surface area contributed by atoms with Crippen LogP contribution in [0.15, 0.2) is 46.2 Å². The first kappa shape index (κ1) is 28.3. The first-order valence-corrected chi connectivity index (χ1v) is 12.5. The van der Waals surface area contributed by atoms with Gasteiger partial charge in [-0.3, -0.25) is 18.6 Å². The Labute approximate surface area is 211 Å². The maximum atomic E-state index is 13.5. The van der Waals surface area contributed by atoms with Crippen LogP contribution in [-0.4, -0.2) is 62.2 Å². The van der Waals surface area contributed by atoms with Crippen LogP contribution in [0, 0.1) is 12.3 Å². The Hall–Kier alpha value is -3.31. The van der Waals surface area contributed by atoms with Crippen molar-refractivity contribution in [2.75, 3.05) is 6.61 Å². The predicted octanol–water partition coefficient (Wildman–Crippen LogP) is 0.0810. The van der Waals surface area contributed by atoms with Gasteiger partial charge >= 0.3 is 25.2 Å². The maximum Gasteiger partial charge on any atom is 0.530 e. The summed E-state index contributed by atoms with van der Waals surface area (Å²) >= 11 is 0. The van der Waals surface area contributed by atoms with Crippen molar-refractivity contribution >= 4 is 13.8 Å². The highest BCUT2D eigenvalue weighted by molar-refractivity contribution is 7.49. The van der Waals surface area contributed by atoms with Gasteiger partial charge in [0.25, 0.3) is 0 Å². The van der Waals surface area contributed by atoms with Crippen molar-refractivity contribution in [3.05, 3.63) is 57.6 Å². The Kier molecular flexibility index (Phi) is 8.70. The first-order valence-electron chi connectivity index (χ1n) is 11.0. The topological polar surface area (TPSA) is 194 Å². The van der Waals surface area contributed by atoms with Crippen molar-refractivity contribution < 1.29 is 37.5 Å². The van der Waals surface area contributed by atoms with E-state index >= 15 is 0 Å². The number of phosphoric ester groups is 1. The minimum atomic E-state index is -4.54. The fourth-order valence-corrected chi connectivity index (χ4v) is 4.67. The molecule has 1 aromatic heterocycles. The molecule has 4 N–H and O–H groups in total. The van der Waals surface area contributed by atoms with Crippen LogP contribution < -0.4 is 21.6 Å². The number of para-hydroxylation sites is 1. The molecule has 1 aliphatic heterocycles. The molecule has 200 valence electrons. The molecule has 0 amide bonds. The molecule has 1 saturated heterocycles. The summed E-state index contributed by atoms with van der Waals surface area (Å²) in [5.74, 6) is 1.47. The lowest BCUT2D eigenvalue weighted by Crippen LogP contribution is -2.55. The van der Waals surface area contributed by atoms with E-state index in [-0.39, 0.29) is 5.75 Å². The fourth-order valence-electron chi connectivity index (χ4n) is 3.33. The highest BCUT2D eigenvalue weighted by Crippen LogP contribution is 2.51. The largest absolute Gasteiger partial charge is 0.530 e. The molecule has 2 heterocycles. The average molecular weight is 538 g/mol. The van der Waals surface area contributed by atoms with Gasteiger partial charge in [-0.15, -0.1) is 6.42 Å². The van der Waals surface area contributed by atoms with Crippen LogP contribution in [0.5, 0.6) is 5.75 Å². The highest BCUT2D eigenvalue weighted by atomic mass is 31.2. The maximum absolute atomic E-state index is 13.5. The Bertz CT molecular complexity index is 1310. The summed E-state index contributed by atoms with van der Waals surface area (Å²) < 4.78 is 41.3. The molecule has 15 heteroatoms. The Morgan fingerprint density at radius 2 is 2.03 bits per heavy atom. The first-order chi connectivity index (χ1) is 17.4. The molecule has 0 bridgehead atoms. The molecule has 0 saturated carbocycles. The van der Waals surface area contributed by atoms with Crippen molar-refractivity contribution in [1.82, 2.24) is 14.5 Å². The lowest BCUT2D eigenvalue weighted by atomic mass is 9.92. The van der Waals surface area contributed by atoms with E-state index in [1.165, 1.54) is 19.1 Å². The molecule has 14 nitrogen and oxygen atoms in total. The standard InChI is InChI=1S/C22H27N4O10P/c1-5-22(23)17(27)16(34-19(22)26-12-24-20(29)25-21(26)30)11-32-37(31,36-15-9-7-6-8-10-15)35-14(4)18(28)33-13(2)3/h1,6-10,12-14,16-17,19,27H,11,23H2,2-4H3,(H,25,29,30)/t14-,16+,17-,19+,22?,37-/m0/s1. The molecule has 0 radical (unpaired) electrons. The Morgan fingerprint density at radius 3 is 2.62 bits per heavy atom. The van der Waals surface area contributed by atoms with E-state index in [0.717, 1.165) is 10.9 Å². The summed E-state index contributed by atoms with van der Waals surface area (Å²) in [5, 5.41) is 10.8. The molecule has 1 fully saturated rings. The van der Waals surface area contributed by atoms with Crippen molar-refractivity contribution in [1.29, 1.82) is 0 Å². The second-order valence-electron chi connectivity index (χ2n) is 8.32. The quantitative estimate of drug-likeness (QED) is 0.210. The lowest BCUT2D eigenvalue weighted by Gasteiger charge is -2.27. The average Bonchev–Trinajstić information content (AvgIpc) is 3.08. The number of benzene rings is 1. The number of phosphoric acid groups is 1.